The summed E-state index contributed by atoms with van der Waals surface area (Å²) in [5.74, 6) is -2.02. The van der Waals surface area contributed by atoms with Crippen LogP contribution in [0.1, 0.15) is 206 Å². The summed E-state index contributed by atoms with van der Waals surface area (Å²) in [7, 11) is -4.61. The van der Waals surface area contributed by atoms with Crippen molar-refractivity contribution in [2.75, 3.05) is 19.0 Å². The van der Waals surface area contributed by atoms with Crippen LogP contribution in [0.2, 0.25) is 0 Å². The van der Waals surface area contributed by atoms with Crippen molar-refractivity contribution in [1.29, 1.82) is 0 Å². The highest BCUT2D eigenvalue weighted by molar-refractivity contribution is 7.85. The Morgan fingerprint density at radius 3 is 1.45 bits per heavy atom. The fourth-order valence-electron chi connectivity index (χ4n) is 7.49. The van der Waals surface area contributed by atoms with Crippen molar-refractivity contribution >= 4 is 22.1 Å². The van der Waals surface area contributed by atoms with Gasteiger partial charge in [0.05, 0.1) is 6.61 Å². The lowest BCUT2D eigenvalue weighted by molar-refractivity contribution is -0.297. The number of aliphatic hydroxyl groups excluding tert-OH is 3. The van der Waals surface area contributed by atoms with Crippen molar-refractivity contribution in [2.45, 2.75) is 243 Å². The molecule has 1 aliphatic rings. The van der Waals surface area contributed by atoms with E-state index < -0.39 is 71.2 Å². The topological polar surface area (TPSA) is 186 Å². The van der Waals surface area contributed by atoms with E-state index in [0.717, 1.165) is 64.2 Å². The first-order chi connectivity index (χ1) is 31.0. The zero-order valence-electron chi connectivity index (χ0n) is 39.9. The van der Waals surface area contributed by atoms with Crippen LogP contribution in [0.5, 0.6) is 0 Å². The van der Waals surface area contributed by atoms with Crippen LogP contribution >= 0.6 is 0 Å². The largest absolute Gasteiger partial charge is 0.462 e. The highest BCUT2D eigenvalue weighted by Gasteiger charge is 2.46. The quantitative estimate of drug-likeness (QED) is 0.0197. The Bertz CT molecular complexity index is 1360. The van der Waals surface area contributed by atoms with E-state index in [1.807, 2.05) is 0 Å². The molecule has 0 bridgehead atoms. The van der Waals surface area contributed by atoms with Gasteiger partial charge in [0.15, 0.2) is 12.4 Å². The molecule has 0 aromatic rings. The van der Waals surface area contributed by atoms with E-state index in [0.29, 0.717) is 12.8 Å². The number of carbonyl (C=O) groups excluding carboxylic acids is 2. The van der Waals surface area contributed by atoms with E-state index >= 15 is 0 Å². The number of aliphatic hydroxyl groups is 3. The highest BCUT2D eigenvalue weighted by atomic mass is 32.2. The Morgan fingerprint density at radius 1 is 0.531 bits per heavy atom. The highest BCUT2D eigenvalue weighted by Crippen LogP contribution is 2.24. The lowest BCUT2D eigenvalue weighted by Gasteiger charge is -2.40. The fraction of sp³-hybridized carbons (Fsp3) is 0.804. The Labute approximate surface area is 388 Å². The second-order valence-electron chi connectivity index (χ2n) is 17.5. The number of esters is 2. The number of allylic oxidation sites excluding steroid dienone is 8. The monoisotopic (exact) mass is 927 g/mol. The predicted molar refractivity (Wildman–Crippen MR) is 256 cm³/mol. The Morgan fingerprint density at radius 2 is 0.969 bits per heavy atom. The number of hydrogen-bond donors (Lipinski definition) is 4. The van der Waals surface area contributed by atoms with Gasteiger partial charge >= 0.3 is 11.9 Å². The van der Waals surface area contributed by atoms with Gasteiger partial charge in [0.1, 0.15) is 36.8 Å². The summed E-state index contributed by atoms with van der Waals surface area (Å²) >= 11 is 0. The lowest BCUT2D eigenvalue weighted by Crippen LogP contribution is -2.60. The third kappa shape index (κ3) is 34.9. The van der Waals surface area contributed by atoms with E-state index in [4.69, 9.17) is 18.9 Å². The van der Waals surface area contributed by atoms with E-state index in [2.05, 4.69) is 62.5 Å². The summed E-state index contributed by atoms with van der Waals surface area (Å²) in [5, 5.41) is 31.0. The molecule has 0 aromatic carbocycles. The molecule has 0 spiro atoms. The molecule has 0 radical (unpaired) electrons. The van der Waals surface area contributed by atoms with Gasteiger partial charge in [-0.05, 0) is 51.4 Å². The molecule has 0 aromatic heterocycles. The average molecular weight is 927 g/mol. The van der Waals surface area contributed by atoms with Gasteiger partial charge in [-0.3, -0.25) is 14.1 Å². The minimum absolute atomic E-state index is 0.159. The van der Waals surface area contributed by atoms with Crippen molar-refractivity contribution in [3.63, 3.8) is 0 Å². The summed E-state index contributed by atoms with van der Waals surface area (Å²) in [5.41, 5.74) is 0. The molecule has 6 atom stereocenters. The molecule has 1 fully saturated rings. The summed E-state index contributed by atoms with van der Waals surface area (Å²) < 4.78 is 54.2. The molecular weight excluding hydrogens is 837 g/mol. The predicted octanol–water partition coefficient (Wildman–Crippen LogP) is 11.1. The summed E-state index contributed by atoms with van der Waals surface area (Å²) in [6.07, 6.45) is 40.1. The van der Waals surface area contributed by atoms with Gasteiger partial charge < -0.3 is 34.3 Å². The molecule has 64 heavy (non-hydrogen) atoms. The molecule has 0 saturated carbocycles. The number of rotatable bonds is 42. The van der Waals surface area contributed by atoms with E-state index in [1.54, 1.807) is 0 Å². The first kappa shape index (κ1) is 59.6. The van der Waals surface area contributed by atoms with Gasteiger partial charge in [-0.15, -0.1) is 0 Å². The first-order valence-corrected chi connectivity index (χ1v) is 26.8. The molecule has 0 amide bonds. The molecule has 1 rings (SSSR count). The normalized spacial score (nSPS) is 20.0. The molecule has 0 aliphatic carbocycles. The number of ether oxygens (including phenoxy) is 4. The van der Waals surface area contributed by atoms with Gasteiger partial charge in [-0.1, -0.05) is 191 Å². The Hall–Kier alpha value is -2.39. The van der Waals surface area contributed by atoms with E-state index in [-0.39, 0.29) is 19.4 Å². The second kappa shape index (κ2) is 40.8. The van der Waals surface area contributed by atoms with Gasteiger partial charge in [-0.2, -0.15) is 8.42 Å². The molecule has 1 aliphatic heterocycles. The van der Waals surface area contributed by atoms with Crippen molar-refractivity contribution in [2.24, 2.45) is 0 Å². The minimum atomic E-state index is -4.61. The molecule has 1 heterocycles. The fourth-order valence-corrected chi connectivity index (χ4v) is 8.18. The maximum absolute atomic E-state index is 12.9. The standard InChI is InChI=1S/C51H90O12S/c1-3-5-7-9-11-13-15-17-19-21-22-24-26-28-30-32-34-36-38-40-47(53)62-44(42-61-51-50(56)49(55)48(54)45(63-51)43-64(57,58)59)41-60-46(52)39-37-35-33-31-29-27-25-23-20-18-16-14-12-10-8-6-4-2/h8,10,14,16,20,23,27,29,44-45,48-51,54-56H,3-7,9,11-13,15,17-19,21-22,24-26,28,30-43H2,1-2H3,(H,57,58,59)/b10-8+,16-14+,23-20+,29-27+/t44-,45-,48-,49?,50?,51+/m1/s1. The van der Waals surface area contributed by atoms with Crippen LogP contribution in [0.15, 0.2) is 48.6 Å². The third-order valence-corrected chi connectivity index (χ3v) is 12.1. The Balaban J connectivity index is 2.41. The summed E-state index contributed by atoms with van der Waals surface area (Å²) in [6, 6.07) is 0. The van der Waals surface area contributed by atoms with Crippen molar-refractivity contribution in [3.05, 3.63) is 48.6 Å². The number of hydrogen-bond acceptors (Lipinski definition) is 11. The van der Waals surface area contributed by atoms with E-state index in [1.165, 1.54) is 103 Å². The Kier molecular flexibility index (Phi) is 38.1. The summed E-state index contributed by atoms with van der Waals surface area (Å²) in [4.78, 5) is 25.5. The third-order valence-electron chi connectivity index (χ3n) is 11.4. The number of unbranched alkanes of at least 4 members (excludes halogenated alkanes) is 22. The zero-order chi connectivity index (χ0) is 46.9. The molecule has 13 heteroatoms. The maximum atomic E-state index is 12.9. The molecule has 12 nitrogen and oxygen atoms in total. The van der Waals surface area contributed by atoms with Gasteiger partial charge in [0, 0.05) is 12.8 Å². The molecule has 372 valence electrons. The van der Waals surface area contributed by atoms with Gasteiger partial charge in [0.25, 0.3) is 10.1 Å². The van der Waals surface area contributed by atoms with Crippen molar-refractivity contribution in [3.8, 4) is 0 Å². The molecule has 1 saturated heterocycles. The first-order valence-electron chi connectivity index (χ1n) is 25.2. The van der Waals surface area contributed by atoms with Crippen LogP contribution in [0.3, 0.4) is 0 Å². The zero-order valence-corrected chi connectivity index (χ0v) is 40.7. The smallest absolute Gasteiger partial charge is 0.306 e. The van der Waals surface area contributed by atoms with Gasteiger partial charge in [0.2, 0.25) is 0 Å². The molecule has 4 N–H and O–H groups in total. The van der Waals surface area contributed by atoms with Crippen molar-refractivity contribution in [1.82, 2.24) is 0 Å². The van der Waals surface area contributed by atoms with Crippen LogP contribution in [0.4, 0.5) is 0 Å². The molecular formula is C51H90O12S. The van der Waals surface area contributed by atoms with Crippen LogP contribution < -0.4 is 0 Å². The number of carbonyl (C=O) groups is 2. The summed E-state index contributed by atoms with van der Waals surface area (Å²) in [6.45, 7) is 3.69. The van der Waals surface area contributed by atoms with Crippen LogP contribution in [0, 0.1) is 0 Å². The second-order valence-corrected chi connectivity index (χ2v) is 19.0. The van der Waals surface area contributed by atoms with Crippen molar-refractivity contribution < 1.29 is 56.8 Å². The lowest BCUT2D eigenvalue weighted by atomic mass is 10.00. The maximum Gasteiger partial charge on any atom is 0.306 e. The van der Waals surface area contributed by atoms with Crippen LogP contribution in [-0.2, 0) is 38.7 Å². The van der Waals surface area contributed by atoms with Crippen LogP contribution in [-0.4, -0.2) is 96.0 Å². The average Bonchev–Trinajstić information content (AvgIpc) is 3.26. The molecule has 2 unspecified atom stereocenters. The van der Waals surface area contributed by atoms with E-state index in [9.17, 15) is 37.9 Å². The SMILES string of the molecule is CCC/C=C/C/C=C/C/C=C/C/C=C/CCCCCC(=O)OC[C@H](CO[C@H]1O[C@H](CS(=O)(=O)O)[C@@H](O)C(O)C1O)OC(=O)CCCCCCCCCCCCCCCCCCCCC. The van der Waals surface area contributed by atoms with Crippen LogP contribution in [0.25, 0.3) is 0 Å². The minimum Gasteiger partial charge on any atom is -0.462 e. The van der Waals surface area contributed by atoms with Gasteiger partial charge in [-0.25, -0.2) is 0 Å².